The largest absolute Gasteiger partial charge is 0.497 e. The molecule has 1 N–H and O–H groups in total. The molecular formula is C25H28N4O2. The zero-order valence-electron chi connectivity index (χ0n) is 18.3. The minimum Gasteiger partial charge on any atom is -0.497 e. The summed E-state index contributed by atoms with van der Waals surface area (Å²) in [5.41, 5.74) is 5.53. The Morgan fingerprint density at radius 3 is 2.58 bits per heavy atom. The van der Waals surface area contributed by atoms with Gasteiger partial charge in [-0.1, -0.05) is 0 Å². The fraction of sp³-hybridized carbons (Fsp3) is 0.320. The van der Waals surface area contributed by atoms with Crippen molar-refractivity contribution >= 4 is 17.3 Å². The minimum atomic E-state index is 0.0430. The SMILES string of the molecule is COc1ccc(Nc2cc(C)nc([C@H]3CCCN(C(=O)c4ccc(C)nc4)C3)c2)cc1. The molecule has 1 saturated heterocycles. The monoisotopic (exact) mass is 416 g/mol. The summed E-state index contributed by atoms with van der Waals surface area (Å²) < 4.78 is 5.23. The number of hydrogen-bond donors (Lipinski definition) is 1. The quantitative estimate of drug-likeness (QED) is 0.643. The van der Waals surface area contributed by atoms with Gasteiger partial charge < -0.3 is 15.0 Å². The van der Waals surface area contributed by atoms with Crippen LogP contribution < -0.4 is 10.1 Å². The highest BCUT2D eigenvalue weighted by molar-refractivity contribution is 5.94. The molecule has 1 aliphatic rings. The van der Waals surface area contributed by atoms with Crippen LogP contribution in [0.25, 0.3) is 0 Å². The van der Waals surface area contributed by atoms with Crippen molar-refractivity contribution in [2.75, 3.05) is 25.5 Å². The van der Waals surface area contributed by atoms with Crippen LogP contribution in [0.4, 0.5) is 11.4 Å². The molecule has 0 aliphatic carbocycles. The number of piperidine rings is 1. The van der Waals surface area contributed by atoms with Gasteiger partial charge in [0.05, 0.1) is 12.7 Å². The van der Waals surface area contributed by atoms with Gasteiger partial charge in [-0.05, 0) is 75.2 Å². The van der Waals surface area contributed by atoms with Crippen molar-refractivity contribution in [3.05, 3.63) is 77.4 Å². The van der Waals surface area contributed by atoms with Crippen LogP contribution in [-0.2, 0) is 0 Å². The third-order valence-corrected chi connectivity index (χ3v) is 5.64. The highest BCUT2D eigenvalue weighted by atomic mass is 16.5. The van der Waals surface area contributed by atoms with Gasteiger partial charge in [-0.15, -0.1) is 0 Å². The molecule has 1 fully saturated rings. The molecule has 1 aromatic carbocycles. The van der Waals surface area contributed by atoms with Crippen LogP contribution in [0.2, 0.25) is 0 Å². The highest BCUT2D eigenvalue weighted by Gasteiger charge is 2.27. The Labute approximate surface area is 183 Å². The predicted molar refractivity (Wildman–Crippen MR) is 122 cm³/mol. The maximum atomic E-state index is 13.0. The molecule has 1 atom stereocenters. The molecule has 3 heterocycles. The van der Waals surface area contributed by atoms with Gasteiger partial charge in [0.25, 0.3) is 5.91 Å². The van der Waals surface area contributed by atoms with E-state index in [0.29, 0.717) is 12.1 Å². The van der Waals surface area contributed by atoms with E-state index in [2.05, 4.69) is 16.4 Å². The van der Waals surface area contributed by atoms with Gasteiger partial charge in [-0.25, -0.2) is 0 Å². The molecule has 0 spiro atoms. The van der Waals surface area contributed by atoms with Crippen molar-refractivity contribution in [1.82, 2.24) is 14.9 Å². The first-order valence-corrected chi connectivity index (χ1v) is 10.6. The van der Waals surface area contributed by atoms with Crippen LogP contribution in [0.3, 0.4) is 0 Å². The van der Waals surface area contributed by atoms with Crippen LogP contribution in [0.1, 0.15) is 46.2 Å². The van der Waals surface area contributed by atoms with Gasteiger partial charge in [0.2, 0.25) is 0 Å². The van der Waals surface area contributed by atoms with E-state index >= 15 is 0 Å². The number of aryl methyl sites for hydroxylation is 2. The van der Waals surface area contributed by atoms with Gasteiger partial charge >= 0.3 is 0 Å². The van der Waals surface area contributed by atoms with Crippen molar-refractivity contribution in [3.63, 3.8) is 0 Å². The topological polar surface area (TPSA) is 67.3 Å². The Hall–Kier alpha value is -3.41. The molecule has 0 unspecified atom stereocenters. The molecule has 1 aliphatic heterocycles. The lowest BCUT2D eigenvalue weighted by molar-refractivity contribution is 0.0705. The maximum absolute atomic E-state index is 13.0. The highest BCUT2D eigenvalue weighted by Crippen LogP contribution is 2.29. The van der Waals surface area contributed by atoms with Crippen LogP contribution >= 0.6 is 0 Å². The first-order chi connectivity index (χ1) is 15.0. The Bertz CT molecular complexity index is 1050. The van der Waals surface area contributed by atoms with E-state index in [1.54, 1.807) is 13.3 Å². The first kappa shape index (κ1) is 20.8. The number of carbonyl (C=O) groups excluding carboxylic acids is 1. The van der Waals surface area contributed by atoms with Gasteiger partial charge in [0, 0.05) is 53.7 Å². The number of aromatic nitrogens is 2. The normalized spacial score (nSPS) is 16.1. The molecule has 6 heteroatoms. The third-order valence-electron chi connectivity index (χ3n) is 5.64. The predicted octanol–water partition coefficient (Wildman–Crippen LogP) is 4.87. The summed E-state index contributed by atoms with van der Waals surface area (Å²) in [6, 6.07) is 15.7. The molecule has 31 heavy (non-hydrogen) atoms. The van der Waals surface area contributed by atoms with Gasteiger partial charge in [0.1, 0.15) is 5.75 Å². The summed E-state index contributed by atoms with van der Waals surface area (Å²) >= 11 is 0. The summed E-state index contributed by atoms with van der Waals surface area (Å²) in [5, 5.41) is 3.46. The number of carbonyl (C=O) groups is 1. The smallest absolute Gasteiger partial charge is 0.255 e. The van der Waals surface area contributed by atoms with Crippen molar-refractivity contribution in [2.24, 2.45) is 0 Å². The molecule has 3 aromatic rings. The van der Waals surface area contributed by atoms with Crippen molar-refractivity contribution < 1.29 is 9.53 Å². The number of methoxy groups -OCH3 is 1. The van der Waals surface area contributed by atoms with E-state index in [9.17, 15) is 4.79 Å². The van der Waals surface area contributed by atoms with E-state index in [-0.39, 0.29) is 11.8 Å². The Kier molecular flexibility index (Phi) is 6.16. The molecule has 160 valence electrons. The molecule has 4 rings (SSSR count). The van der Waals surface area contributed by atoms with Gasteiger partial charge in [-0.3, -0.25) is 14.8 Å². The number of pyridine rings is 2. The molecule has 2 aromatic heterocycles. The molecule has 0 radical (unpaired) electrons. The standard InChI is InChI=1S/C25H28N4O2/c1-17-6-7-19(15-26-17)25(30)29-12-4-5-20(16-29)24-14-22(13-18(2)27-24)28-21-8-10-23(31-3)11-9-21/h6-11,13-15,20H,4-5,12,16H2,1-3H3,(H,27,28)/t20-/m0/s1. The lowest BCUT2D eigenvalue weighted by atomic mass is 9.93. The number of nitrogens with one attached hydrogen (secondary N) is 1. The molecule has 6 nitrogen and oxygen atoms in total. The van der Waals surface area contributed by atoms with Crippen molar-refractivity contribution in [3.8, 4) is 5.75 Å². The summed E-state index contributed by atoms with van der Waals surface area (Å²) in [4.78, 5) is 24.0. The minimum absolute atomic E-state index is 0.0430. The second-order valence-electron chi connectivity index (χ2n) is 8.05. The fourth-order valence-corrected chi connectivity index (χ4v) is 4.00. The number of anilines is 2. The number of amides is 1. The Balaban J connectivity index is 1.50. The summed E-state index contributed by atoms with van der Waals surface area (Å²) in [6.07, 6.45) is 3.66. The van der Waals surface area contributed by atoms with E-state index in [1.807, 2.05) is 61.2 Å². The second-order valence-corrected chi connectivity index (χ2v) is 8.05. The van der Waals surface area contributed by atoms with Crippen LogP contribution in [0, 0.1) is 13.8 Å². The molecule has 1 amide bonds. The number of likely N-dealkylation sites (tertiary alicyclic amines) is 1. The molecule has 0 saturated carbocycles. The molecular weight excluding hydrogens is 388 g/mol. The summed E-state index contributed by atoms with van der Waals surface area (Å²) in [7, 11) is 1.66. The number of ether oxygens (including phenoxy) is 1. The Morgan fingerprint density at radius 2 is 1.87 bits per heavy atom. The zero-order valence-corrected chi connectivity index (χ0v) is 18.3. The summed E-state index contributed by atoms with van der Waals surface area (Å²) in [6.45, 7) is 5.37. The fourth-order valence-electron chi connectivity index (χ4n) is 4.00. The lowest BCUT2D eigenvalue weighted by Crippen LogP contribution is -2.39. The van der Waals surface area contributed by atoms with E-state index in [4.69, 9.17) is 9.72 Å². The van der Waals surface area contributed by atoms with Gasteiger partial charge in [-0.2, -0.15) is 0 Å². The lowest BCUT2D eigenvalue weighted by Gasteiger charge is -2.33. The van der Waals surface area contributed by atoms with Crippen LogP contribution in [-0.4, -0.2) is 41.0 Å². The summed E-state index contributed by atoms with van der Waals surface area (Å²) in [5.74, 6) is 1.08. The number of hydrogen-bond acceptors (Lipinski definition) is 5. The van der Waals surface area contributed by atoms with Crippen LogP contribution in [0.15, 0.2) is 54.7 Å². The zero-order chi connectivity index (χ0) is 21.8. The van der Waals surface area contributed by atoms with Crippen molar-refractivity contribution in [2.45, 2.75) is 32.6 Å². The number of rotatable bonds is 5. The number of nitrogens with zero attached hydrogens (tertiary/aromatic N) is 3. The Morgan fingerprint density at radius 1 is 1.06 bits per heavy atom. The van der Waals surface area contributed by atoms with Crippen molar-refractivity contribution in [1.29, 1.82) is 0 Å². The van der Waals surface area contributed by atoms with Crippen LogP contribution in [0.5, 0.6) is 5.75 Å². The first-order valence-electron chi connectivity index (χ1n) is 10.6. The van der Waals surface area contributed by atoms with Gasteiger partial charge in [0.15, 0.2) is 0 Å². The average molecular weight is 417 g/mol. The maximum Gasteiger partial charge on any atom is 0.255 e. The second kappa shape index (κ2) is 9.16. The van der Waals surface area contributed by atoms with E-state index < -0.39 is 0 Å². The van der Waals surface area contributed by atoms with E-state index in [1.165, 1.54) is 0 Å². The number of benzene rings is 1. The molecule has 0 bridgehead atoms. The third kappa shape index (κ3) is 5.02. The average Bonchev–Trinajstić information content (AvgIpc) is 2.79. The van der Waals surface area contributed by atoms with E-state index in [0.717, 1.165) is 53.6 Å².